The van der Waals surface area contributed by atoms with E-state index in [2.05, 4.69) is 27.5 Å². The molecule has 0 saturated heterocycles. The molecule has 7 heteroatoms. The lowest BCUT2D eigenvalue weighted by atomic mass is 10.2. The second kappa shape index (κ2) is 7.23. The molecule has 1 aromatic rings. The molecule has 1 aromatic carbocycles. The van der Waals surface area contributed by atoms with Gasteiger partial charge in [-0.25, -0.2) is 4.79 Å². The van der Waals surface area contributed by atoms with Crippen LogP contribution < -0.4 is 15.9 Å². The van der Waals surface area contributed by atoms with Crippen LogP contribution in [0.1, 0.15) is 5.56 Å². The molecule has 18 heavy (non-hydrogen) atoms. The molecule has 96 valence electrons. The first-order valence-electron chi connectivity index (χ1n) is 5.00. The summed E-state index contributed by atoms with van der Waals surface area (Å²) in [4.78, 5) is 10.9. The van der Waals surface area contributed by atoms with Crippen molar-refractivity contribution in [2.24, 2.45) is 10.8 Å². The third kappa shape index (κ3) is 5.26. The van der Waals surface area contributed by atoms with Gasteiger partial charge in [-0.05, 0) is 29.9 Å². The number of nitrogens with one attached hydrogen (secondary N) is 1. The van der Waals surface area contributed by atoms with Crippen molar-refractivity contribution in [1.29, 1.82) is 0 Å². The zero-order valence-electron chi connectivity index (χ0n) is 9.75. The molecule has 0 radical (unpaired) electrons. The summed E-state index contributed by atoms with van der Waals surface area (Å²) in [5.74, 6) is 0.101. The Kier molecular flexibility index (Phi) is 5.59. The highest BCUT2D eigenvalue weighted by molar-refractivity contribution is 7.80. The number of hydrogen-bond acceptors (Lipinski definition) is 5. The third-order valence-corrected chi connectivity index (χ3v) is 1.92. The molecule has 0 aliphatic carbocycles. The fourth-order valence-corrected chi connectivity index (χ4v) is 1.11. The first-order chi connectivity index (χ1) is 8.61. The largest absolute Gasteiger partial charge is 0.482 e. The van der Waals surface area contributed by atoms with Crippen LogP contribution in [-0.2, 0) is 9.53 Å². The molecule has 0 spiro atoms. The number of carbonyl (C=O) groups excluding carboxylic acids is 1. The smallest absolute Gasteiger partial charge is 0.343 e. The first kappa shape index (κ1) is 13.9. The third-order valence-electron chi connectivity index (χ3n) is 1.83. The molecular weight excluding hydrogens is 254 g/mol. The van der Waals surface area contributed by atoms with Crippen LogP contribution >= 0.6 is 12.2 Å². The highest BCUT2D eigenvalue weighted by Crippen LogP contribution is 2.11. The minimum absolute atomic E-state index is 0.0874. The Morgan fingerprint density at radius 2 is 2.39 bits per heavy atom. The van der Waals surface area contributed by atoms with Crippen molar-refractivity contribution in [2.45, 2.75) is 0 Å². The van der Waals surface area contributed by atoms with Gasteiger partial charge in [0.05, 0.1) is 13.3 Å². The summed E-state index contributed by atoms with van der Waals surface area (Å²) >= 11 is 4.60. The van der Waals surface area contributed by atoms with Gasteiger partial charge in [0.15, 0.2) is 11.7 Å². The lowest BCUT2D eigenvalue weighted by Crippen LogP contribution is -2.23. The van der Waals surface area contributed by atoms with Crippen LogP contribution in [0, 0.1) is 0 Å². The first-order valence-corrected chi connectivity index (χ1v) is 5.41. The molecule has 0 saturated carbocycles. The zero-order valence-corrected chi connectivity index (χ0v) is 10.6. The van der Waals surface area contributed by atoms with Gasteiger partial charge in [-0.3, -0.25) is 5.43 Å². The number of hydrazone groups is 1. The fraction of sp³-hybridized carbons (Fsp3) is 0.182. The molecule has 0 bridgehead atoms. The van der Waals surface area contributed by atoms with Gasteiger partial charge < -0.3 is 15.2 Å². The number of thiocarbonyl (C=S) groups is 1. The average Bonchev–Trinajstić information content (AvgIpc) is 2.36. The van der Waals surface area contributed by atoms with Gasteiger partial charge in [-0.1, -0.05) is 12.1 Å². The van der Waals surface area contributed by atoms with E-state index in [-0.39, 0.29) is 11.7 Å². The molecule has 0 unspecified atom stereocenters. The Morgan fingerprint density at radius 3 is 3.06 bits per heavy atom. The number of benzene rings is 1. The van der Waals surface area contributed by atoms with Gasteiger partial charge >= 0.3 is 5.97 Å². The standard InChI is InChI=1S/C11H13N3O3S/c1-16-10(15)7-17-9-4-2-3-8(5-9)6-13-14-11(12)18/h2-6H,7H2,1H3,(H3,12,14,18)/b13-6-. The summed E-state index contributed by atoms with van der Waals surface area (Å²) < 4.78 is 9.68. The Morgan fingerprint density at radius 1 is 1.61 bits per heavy atom. The minimum atomic E-state index is -0.441. The maximum Gasteiger partial charge on any atom is 0.343 e. The number of nitrogens with zero attached hydrogens (tertiary/aromatic N) is 1. The van der Waals surface area contributed by atoms with Crippen LogP contribution in [-0.4, -0.2) is 31.0 Å². The van der Waals surface area contributed by atoms with Crippen LogP contribution in [0.25, 0.3) is 0 Å². The Bertz CT molecular complexity index is 463. The summed E-state index contributed by atoms with van der Waals surface area (Å²) in [5.41, 5.74) is 8.43. The zero-order chi connectivity index (χ0) is 13.4. The van der Waals surface area contributed by atoms with E-state index < -0.39 is 5.97 Å². The molecular formula is C11H13N3O3S. The van der Waals surface area contributed by atoms with E-state index in [0.29, 0.717) is 5.75 Å². The average molecular weight is 267 g/mol. The molecule has 0 aliphatic heterocycles. The van der Waals surface area contributed by atoms with Gasteiger partial charge in [-0.15, -0.1) is 0 Å². The van der Waals surface area contributed by atoms with E-state index in [0.717, 1.165) is 5.56 Å². The summed E-state index contributed by atoms with van der Waals surface area (Å²) in [6.45, 7) is -0.137. The van der Waals surface area contributed by atoms with E-state index in [9.17, 15) is 4.79 Å². The highest BCUT2D eigenvalue weighted by atomic mass is 32.1. The van der Waals surface area contributed by atoms with Gasteiger partial charge in [0.1, 0.15) is 5.75 Å². The van der Waals surface area contributed by atoms with E-state index in [4.69, 9.17) is 10.5 Å². The van der Waals surface area contributed by atoms with Gasteiger partial charge in [0, 0.05) is 0 Å². The Balaban J connectivity index is 2.59. The molecule has 6 nitrogen and oxygen atoms in total. The molecule has 3 N–H and O–H groups in total. The lowest BCUT2D eigenvalue weighted by molar-refractivity contribution is -0.142. The van der Waals surface area contributed by atoms with Crippen molar-refractivity contribution >= 4 is 29.5 Å². The second-order valence-corrected chi connectivity index (χ2v) is 3.61. The van der Waals surface area contributed by atoms with Gasteiger partial charge in [-0.2, -0.15) is 5.10 Å². The van der Waals surface area contributed by atoms with Crippen molar-refractivity contribution in [3.05, 3.63) is 29.8 Å². The fourth-order valence-electron chi connectivity index (χ4n) is 1.06. The van der Waals surface area contributed by atoms with E-state index in [1.54, 1.807) is 18.2 Å². The van der Waals surface area contributed by atoms with E-state index in [1.165, 1.54) is 13.3 Å². The Hall–Kier alpha value is -2.15. The predicted octanol–water partition coefficient (Wildman–Crippen LogP) is 0.406. The number of nitrogens with two attached hydrogens (primary N) is 1. The van der Waals surface area contributed by atoms with Crippen LogP contribution in [0.4, 0.5) is 0 Å². The normalized spacial score (nSPS) is 10.1. The predicted molar refractivity (Wildman–Crippen MR) is 71.5 cm³/mol. The number of esters is 1. The van der Waals surface area contributed by atoms with Crippen molar-refractivity contribution in [1.82, 2.24) is 5.43 Å². The summed E-state index contributed by atoms with van der Waals surface area (Å²) in [6.07, 6.45) is 1.53. The number of hydrogen-bond donors (Lipinski definition) is 2. The molecule has 0 aromatic heterocycles. The number of carbonyl (C=O) groups is 1. The maximum atomic E-state index is 10.9. The van der Waals surface area contributed by atoms with Crippen molar-refractivity contribution in [2.75, 3.05) is 13.7 Å². The molecule has 1 rings (SSSR count). The number of methoxy groups -OCH3 is 1. The van der Waals surface area contributed by atoms with Gasteiger partial charge in [0.2, 0.25) is 0 Å². The summed E-state index contributed by atoms with van der Waals surface area (Å²) in [5, 5.41) is 3.89. The van der Waals surface area contributed by atoms with Gasteiger partial charge in [0.25, 0.3) is 0 Å². The maximum absolute atomic E-state index is 10.9. The topological polar surface area (TPSA) is 85.9 Å². The van der Waals surface area contributed by atoms with Crippen molar-refractivity contribution in [3.8, 4) is 5.75 Å². The molecule has 0 amide bonds. The molecule has 0 heterocycles. The van der Waals surface area contributed by atoms with Crippen LogP contribution in [0.15, 0.2) is 29.4 Å². The molecule has 0 fully saturated rings. The second-order valence-electron chi connectivity index (χ2n) is 3.17. The molecule has 0 atom stereocenters. The van der Waals surface area contributed by atoms with E-state index in [1.807, 2.05) is 6.07 Å². The van der Waals surface area contributed by atoms with Crippen LogP contribution in [0.5, 0.6) is 5.75 Å². The summed E-state index contributed by atoms with van der Waals surface area (Å²) in [7, 11) is 1.30. The molecule has 0 aliphatic rings. The number of rotatable bonds is 5. The summed E-state index contributed by atoms with van der Waals surface area (Å²) in [6, 6.07) is 7.03. The van der Waals surface area contributed by atoms with E-state index >= 15 is 0 Å². The van der Waals surface area contributed by atoms with Crippen molar-refractivity contribution < 1.29 is 14.3 Å². The minimum Gasteiger partial charge on any atom is -0.482 e. The van der Waals surface area contributed by atoms with Crippen LogP contribution in [0.2, 0.25) is 0 Å². The monoisotopic (exact) mass is 267 g/mol. The SMILES string of the molecule is COC(=O)COc1cccc(/C=N\NC(N)=S)c1. The highest BCUT2D eigenvalue weighted by Gasteiger charge is 2.01. The quantitative estimate of drug-likeness (QED) is 0.348. The van der Waals surface area contributed by atoms with Crippen molar-refractivity contribution in [3.63, 3.8) is 0 Å². The number of ether oxygens (including phenoxy) is 2. The van der Waals surface area contributed by atoms with Crippen LogP contribution in [0.3, 0.4) is 0 Å². The lowest BCUT2D eigenvalue weighted by Gasteiger charge is -2.05. The Labute approximate surface area is 110 Å².